The molecule has 3 N–H and O–H groups in total. The predicted octanol–water partition coefficient (Wildman–Crippen LogP) is 1.35. The molecule has 100 valence electrons. The maximum Gasteiger partial charge on any atom is 0.251 e. The van der Waals surface area contributed by atoms with E-state index in [9.17, 15) is 4.79 Å². The number of carbonyl (C=O) groups excluding carboxylic acids is 1. The topological polar surface area (TPSA) is 61.4 Å². The van der Waals surface area contributed by atoms with Crippen LogP contribution < -0.4 is 10.6 Å². The van der Waals surface area contributed by atoms with Crippen LogP contribution in [-0.2, 0) is 0 Å². The molecule has 1 atom stereocenters. The Hall–Kier alpha value is -1.10. The van der Waals surface area contributed by atoms with Crippen molar-refractivity contribution in [2.75, 3.05) is 19.6 Å². The van der Waals surface area contributed by atoms with Gasteiger partial charge in [0.2, 0.25) is 0 Å². The maximum atomic E-state index is 11.8. The van der Waals surface area contributed by atoms with Crippen molar-refractivity contribution in [3.8, 4) is 0 Å². The lowest BCUT2D eigenvalue weighted by Crippen LogP contribution is -2.34. The van der Waals surface area contributed by atoms with Crippen LogP contribution in [0.25, 0.3) is 0 Å². The van der Waals surface area contributed by atoms with E-state index in [2.05, 4.69) is 10.6 Å². The average molecular weight is 271 g/mol. The Morgan fingerprint density at radius 3 is 2.78 bits per heavy atom. The summed E-state index contributed by atoms with van der Waals surface area (Å²) in [6, 6.07) is 5.23. The van der Waals surface area contributed by atoms with Crippen LogP contribution in [0, 0.1) is 6.92 Å². The van der Waals surface area contributed by atoms with Crippen LogP contribution >= 0.6 is 11.6 Å². The van der Waals surface area contributed by atoms with Crippen molar-refractivity contribution in [2.45, 2.75) is 20.0 Å². The zero-order valence-corrected chi connectivity index (χ0v) is 11.4. The standard InChI is InChI=1S/C13H19ClN2O2/c1-9-3-4-11(7-12(9)14)13(18)16-6-5-15-8-10(2)17/h3-4,7,10,15,17H,5-6,8H2,1-2H3,(H,16,18). The number of aliphatic hydroxyl groups is 1. The van der Waals surface area contributed by atoms with E-state index < -0.39 is 0 Å². The number of rotatable bonds is 6. The van der Waals surface area contributed by atoms with Crippen LogP contribution in [-0.4, -0.2) is 36.8 Å². The SMILES string of the molecule is Cc1ccc(C(=O)NCCNCC(C)O)cc1Cl. The van der Waals surface area contributed by atoms with E-state index in [0.717, 1.165) is 5.56 Å². The lowest BCUT2D eigenvalue weighted by atomic mass is 10.1. The first kappa shape index (κ1) is 15.0. The molecule has 0 aliphatic heterocycles. The normalized spacial score (nSPS) is 12.2. The van der Waals surface area contributed by atoms with E-state index in [1.807, 2.05) is 13.0 Å². The van der Waals surface area contributed by atoms with Gasteiger partial charge in [0, 0.05) is 30.2 Å². The Balaban J connectivity index is 2.34. The Morgan fingerprint density at radius 1 is 1.44 bits per heavy atom. The van der Waals surface area contributed by atoms with E-state index in [1.54, 1.807) is 19.1 Å². The molecule has 0 fully saturated rings. The van der Waals surface area contributed by atoms with E-state index in [-0.39, 0.29) is 12.0 Å². The van der Waals surface area contributed by atoms with Gasteiger partial charge in [-0.05, 0) is 31.5 Å². The van der Waals surface area contributed by atoms with Gasteiger partial charge in [0.1, 0.15) is 0 Å². The molecule has 0 aliphatic rings. The van der Waals surface area contributed by atoms with Crippen molar-refractivity contribution in [1.82, 2.24) is 10.6 Å². The molecule has 0 saturated carbocycles. The zero-order valence-electron chi connectivity index (χ0n) is 10.7. The molecule has 5 heteroatoms. The van der Waals surface area contributed by atoms with Gasteiger partial charge in [-0.25, -0.2) is 0 Å². The summed E-state index contributed by atoms with van der Waals surface area (Å²) in [5, 5.41) is 15.4. The highest BCUT2D eigenvalue weighted by Crippen LogP contribution is 2.16. The van der Waals surface area contributed by atoms with Crippen LogP contribution in [0.2, 0.25) is 5.02 Å². The van der Waals surface area contributed by atoms with Crippen molar-refractivity contribution in [3.63, 3.8) is 0 Å². The minimum absolute atomic E-state index is 0.143. The molecule has 1 aromatic rings. The van der Waals surface area contributed by atoms with E-state index in [1.165, 1.54) is 0 Å². The van der Waals surface area contributed by atoms with E-state index in [4.69, 9.17) is 16.7 Å². The lowest BCUT2D eigenvalue weighted by molar-refractivity contribution is 0.0953. The second kappa shape index (κ2) is 7.36. The van der Waals surface area contributed by atoms with Gasteiger partial charge < -0.3 is 15.7 Å². The summed E-state index contributed by atoms with van der Waals surface area (Å²) >= 11 is 5.96. The smallest absolute Gasteiger partial charge is 0.251 e. The Morgan fingerprint density at radius 2 is 2.17 bits per heavy atom. The Bertz CT molecular complexity index is 408. The fraction of sp³-hybridized carbons (Fsp3) is 0.462. The van der Waals surface area contributed by atoms with Crippen LogP contribution in [0.3, 0.4) is 0 Å². The van der Waals surface area contributed by atoms with E-state index in [0.29, 0.717) is 30.2 Å². The van der Waals surface area contributed by atoms with Crippen molar-refractivity contribution >= 4 is 17.5 Å². The summed E-state index contributed by atoms with van der Waals surface area (Å²) in [5.41, 5.74) is 1.51. The molecule has 0 saturated heterocycles. The molecular weight excluding hydrogens is 252 g/mol. The highest BCUT2D eigenvalue weighted by Gasteiger charge is 2.06. The molecule has 0 aromatic heterocycles. The highest BCUT2D eigenvalue weighted by molar-refractivity contribution is 6.31. The summed E-state index contributed by atoms with van der Waals surface area (Å²) in [4.78, 5) is 11.8. The number of nitrogens with one attached hydrogen (secondary N) is 2. The number of halogens is 1. The summed E-state index contributed by atoms with van der Waals surface area (Å²) in [7, 11) is 0. The summed E-state index contributed by atoms with van der Waals surface area (Å²) in [6.45, 7) is 5.25. The number of carbonyl (C=O) groups is 1. The van der Waals surface area contributed by atoms with Crippen molar-refractivity contribution < 1.29 is 9.90 Å². The van der Waals surface area contributed by atoms with Gasteiger partial charge in [-0.15, -0.1) is 0 Å². The van der Waals surface area contributed by atoms with Crippen LogP contribution in [0.4, 0.5) is 0 Å². The van der Waals surface area contributed by atoms with Gasteiger partial charge in [0.05, 0.1) is 6.10 Å². The minimum atomic E-state index is -0.378. The van der Waals surface area contributed by atoms with Crippen molar-refractivity contribution in [3.05, 3.63) is 34.3 Å². The third-order valence-electron chi connectivity index (χ3n) is 2.46. The number of aliphatic hydroxyl groups excluding tert-OH is 1. The molecule has 4 nitrogen and oxygen atoms in total. The van der Waals surface area contributed by atoms with Crippen molar-refractivity contribution in [2.24, 2.45) is 0 Å². The monoisotopic (exact) mass is 270 g/mol. The van der Waals surface area contributed by atoms with E-state index >= 15 is 0 Å². The number of aryl methyl sites for hydroxylation is 1. The third-order valence-corrected chi connectivity index (χ3v) is 2.87. The average Bonchev–Trinajstić information content (AvgIpc) is 2.31. The number of benzene rings is 1. The lowest BCUT2D eigenvalue weighted by Gasteiger charge is -2.08. The second-order valence-electron chi connectivity index (χ2n) is 4.27. The molecule has 0 spiro atoms. The van der Waals surface area contributed by atoms with Gasteiger partial charge >= 0.3 is 0 Å². The van der Waals surface area contributed by atoms with Crippen LogP contribution in [0.5, 0.6) is 0 Å². The molecule has 0 bridgehead atoms. The molecule has 0 aliphatic carbocycles. The fourth-order valence-electron chi connectivity index (χ4n) is 1.41. The quantitative estimate of drug-likeness (QED) is 0.684. The first-order valence-electron chi connectivity index (χ1n) is 5.94. The first-order valence-corrected chi connectivity index (χ1v) is 6.31. The number of hydrogen-bond donors (Lipinski definition) is 3. The van der Waals surface area contributed by atoms with Crippen molar-refractivity contribution in [1.29, 1.82) is 0 Å². The summed E-state index contributed by atoms with van der Waals surface area (Å²) < 4.78 is 0. The zero-order chi connectivity index (χ0) is 13.5. The largest absolute Gasteiger partial charge is 0.392 e. The van der Waals surface area contributed by atoms with Crippen LogP contribution in [0.15, 0.2) is 18.2 Å². The molecule has 1 amide bonds. The van der Waals surface area contributed by atoms with Gasteiger partial charge in [-0.3, -0.25) is 4.79 Å². The first-order chi connectivity index (χ1) is 8.50. The Kier molecular flexibility index (Phi) is 6.12. The summed E-state index contributed by atoms with van der Waals surface area (Å²) in [6.07, 6.45) is -0.378. The molecule has 0 radical (unpaired) electrons. The van der Waals surface area contributed by atoms with Gasteiger partial charge in [-0.1, -0.05) is 17.7 Å². The molecule has 1 aromatic carbocycles. The fourth-order valence-corrected chi connectivity index (χ4v) is 1.59. The number of hydrogen-bond acceptors (Lipinski definition) is 3. The van der Waals surface area contributed by atoms with Gasteiger partial charge in [0.25, 0.3) is 5.91 Å². The minimum Gasteiger partial charge on any atom is -0.392 e. The second-order valence-corrected chi connectivity index (χ2v) is 4.68. The van der Waals surface area contributed by atoms with Gasteiger partial charge in [-0.2, -0.15) is 0 Å². The van der Waals surface area contributed by atoms with Crippen LogP contribution in [0.1, 0.15) is 22.8 Å². The third kappa shape index (κ3) is 5.04. The molecule has 1 unspecified atom stereocenters. The number of amides is 1. The molecule has 18 heavy (non-hydrogen) atoms. The van der Waals surface area contributed by atoms with Gasteiger partial charge in [0.15, 0.2) is 0 Å². The molecule has 1 rings (SSSR count). The maximum absolute atomic E-state index is 11.8. The Labute approximate surface area is 112 Å². The predicted molar refractivity (Wildman–Crippen MR) is 73.1 cm³/mol. The summed E-state index contributed by atoms with van der Waals surface area (Å²) in [5.74, 6) is -0.143. The molecular formula is C13H19ClN2O2. The molecule has 0 heterocycles. The highest BCUT2D eigenvalue weighted by atomic mass is 35.5.